The van der Waals surface area contributed by atoms with Gasteiger partial charge in [-0.15, -0.1) is 0 Å². The van der Waals surface area contributed by atoms with Gasteiger partial charge in [-0.3, -0.25) is 4.18 Å². The second-order valence-electron chi connectivity index (χ2n) is 3.47. The van der Waals surface area contributed by atoms with Gasteiger partial charge in [-0.05, 0) is 12.3 Å². The average molecular weight is 232 g/mol. The standard InChI is InChI=1S/C8H18O4S.Na/c1-8(2)6-4-3-5-7-12-13(9,10)11;/h8H,3-7H2,1-2H3,(H,9,10,11);/q;+1/p-1. The van der Waals surface area contributed by atoms with Gasteiger partial charge >= 0.3 is 29.6 Å². The van der Waals surface area contributed by atoms with Gasteiger partial charge in [-0.25, -0.2) is 8.42 Å². The smallest absolute Gasteiger partial charge is 0.726 e. The molecule has 0 spiro atoms. The van der Waals surface area contributed by atoms with Crippen molar-refractivity contribution in [3.63, 3.8) is 0 Å². The van der Waals surface area contributed by atoms with Crippen LogP contribution in [0.5, 0.6) is 0 Å². The van der Waals surface area contributed by atoms with Gasteiger partial charge in [0, 0.05) is 0 Å². The van der Waals surface area contributed by atoms with E-state index in [9.17, 15) is 13.0 Å². The van der Waals surface area contributed by atoms with Crippen LogP contribution in [0.15, 0.2) is 0 Å². The van der Waals surface area contributed by atoms with E-state index in [1.165, 1.54) is 0 Å². The van der Waals surface area contributed by atoms with Crippen molar-refractivity contribution in [2.45, 2.75) is 39.5 Å². The van der Waals surface area contributed by atoms with E-state index in [2.05, 4.69) is 18.0 Å². The van der Waals surface area contributed by atoms with Crippen LogP contribution in [0.3, 0.4) is 0 Å². The van der Waals surface area contributed by atoms with Crippen LogP contribution in [0, 0.1) is 5.92 Å². The predicted octanol–water partition coefficient (Wildman–Crippen LogP) is -1.32. The molecule has 0 unspecified atom stereocenters. The maximum Gasteiger partial charge on any atom is 1.00 e. The van der Waals surface area contributed by atoms with Crippen LogP contribution in [-0.4, -0.2) is 19.6 Å². The Morgan fingerprint density at radius 2 is 1.79 bits per heavy atom. The zero-order chi connectivity index (χ0) is 10.3. The number of rotatable bonds is 7. The molecule has 0 atom stereocenters. The molecule has 0 heterocycles. The summed E-state index contributed by atoms with van der Waals surface area (Å²) in [6.07, 6.45) is 3.73. The third kappa shape index (κ3) is 15.3. The fraction of sp³-hybridized carbons (Fsp3) is 1.00. The zero-order valence-electron chi connectivity index (χ0n) is 9.15. The van der Waals surface area contributed by atoms with Crippen molar-refractivity contribution in [1.29, 1.82) is 0 Å². The molecular weight excluding hydrogens is 215 g/mol. The first-order valence-corrected chi connectivity index (χ1v) is 5.85. The SMILES string of the molecule is CC(C)CCCCCOS(=O)(=O)[O-].[Na+]. The summed E-state index contributed by atoms with van der Waals surface area (Å²) >= 11 is 0. The number of unbranched alkanes of at least 4 members (excludes halogenated alkanes) is 2. The van der Waals surface area contributed by atoms with Gasteiger partial charge in [0.25, 0.3) is 0 Å². The topological polar surface area (TPSA) is 66.4 Å². The van der Waals surface area contributed by atoms with Crippen molar-refractivity contribution in [3.05, 3.63) is 0 Å². The molecule has 0 aromatic carbocycles. The Morgan fingerprint density at radius 1 is 1.21 bits per heavy atom. The minimum atomic E-state index is -4.48. The fourth-order valence-corrected chi connectivity index (χ4v) is 1.31. The molecule has 80 valence electrons. The van der Waals surface area contributed by atoms with E-state index in [4.69, 9.17) is 0 Å². The number of hydrogen-bond donors (Lipinski definition) is 0. The maximum absolute atomic E-state index is 9.99. The van der Waals surface area contributed by atoms with E-state index in [0.717, 1.165) is 19.3 Å². The summed E-state index contributed by atoms with van der Waals surface area (Å²) in [5.41, 5.74) is 0. The van der Waals surface area contributed by atoms with Gasteiger partial charge < -0.3 is 4.55 Å². The Hall–Kier alpha value is 0.870. The minimum absolute atomic E-state index is 0. The molecule has 0 bridgehead atoms. The molecule has 0 aromatic rings. The normalized spacial score (nSPS) is 11.4. The quantitative estimate of drug-likeness (QED) is 0.236. The van der Waals surface area contributed by atoms with Gasteiger partial charge in [0.05, 0.1) is 6.61 Å². The molecule has 6 heteroatoms. The summed E-state index contributed by atoms with van der Waals surface area (Å²) in [5, 5.41) is 0. The Bertz CT molecular complexity index is 213. The first-order valence-electron chi connectivity index (χ1n) is 4.52. The fourth-order valence-electron chi connectivity index (χ4n) is 0.992. The summed E-state index contributed by atoms with van der Waals surface area (Å²) in [6, 6.07) is 0. The third-order valence-electron chi connectivity index (χ3n) is 1.65. The van der Waals surface area contributed by atoms with E-state index in [1.54, 1.807) is 0 Å². The van der Waals surface area contributed by atoms with E-state index in [1.807, 2.05) is 0 Å². The molecule has 14 heavy (non-hydrogen) atoms. The molecule has 0 radical (unpaired) electrons. The Labute approximate surface area is 109 Å². The van der Waals surface area contributed by atoms with Crippen molar-refractivity contribution in [2.24, 2.45) is 5.92 Å². The van der Waals surface area contributed by atoms with Crippen LogP contribution in [0.4, 0.5) is 0 Å². The molecule has 0 aromatic heterocycles. The van der Waals surface area contributed by atoms with Crippen LogP contribution in [-0.2, 0) is 14.6 Å². The summed E-state index contributed by atoms with van der Waals surface area (Å²) in [6.45, 7) is 4.29. The summed E-state index contributed by atoms with van der Waals surface area (Å²) < 4.78 is 34.0. The molecular formula is C8H17NaO4S. The molecule has 0 amide bonds. The van der Waals surface area contributed by atoms with E-state index < -0.39 is 10.4 Å². The van der Waals surface area contributed by atoms with E-state index in [-0.39, 0.29) is 36.2 Å². The van der Waals surface area contributed by atoms with Crippen molar-refractivity contribution >= 4 is 10.4 Å². The summed E-state index contributed by atoms with van der Waals surface area (Å²) in [4.78, 5) is 0. The summed E-state index contributed by atoms with van der Waals surface area (Å²) in [7, 11) is -4.48. The third-order valence-corrected chi connectivity index (χ3v) is 2.11. The monoisotopic (exact) mass is 232 g/mol. The van der Waals surface area contributed by atoms with Crippen molar-refractivity contribution in [2.75, 3.05) is 6.61 Å². The molecule has 0 rings (SSSR count). The summed E-state index contributed by atoms with van der Waals surface area (Å²) in [5.74, 6) is 0.671. The zero-order valence-corrected chi connectivity index (χ0v) is 12.0. The average Bonchev–Trinajstić information content (AvgIpc) is 1.93. The van der Waals surface area contributed by atoms with Crippen LogP contribution in [0.1, 0.15) is 39.5 Å². The number of hydrogen-bond acceptors (Lipinski definition) is 4. The van der Waals surface area contributed by atoms with Gasteiger partial charge in [-0.2, -0.15) is 0 Å². The Morgan fingerprint density at radius 3 is 2.21 bits per heavy atom. The van der Waals surface area contributed by atoms with Gasteiger partial charge in [0.15, 0.2) is 0 Å². The first-order chi connectivity index (χ1) is 5.92. The minimum Gasteiger partial charge on any atom is -0.726 e. The molecule has 0 fully saturated rings. The van der Waals surface area contributed by atoms with E-state index in [0.29, 0.717) is 12.3 Å². The molecule has 0 aliphatic carbocycles. The van der Waals surface area contributed by atoms with Gasteiger partial charge in [0.2, 0.25) is 10.4 Å². The molecule has 0 saturated carbocycles. The van der Waals surface area contributed by atoms with Gasteiger partial charge in [0.1, 0.15) is 0 Å². The second kappa shape index (κ2) is 9.12. The Balaban J connectivity index is 0. The Kier molecular flexibility index (Phi) is 11.3. The first kappa shape index (κ1) is 17.3. The van der Waals surface area contributed by atoms with Crippen LogP contribution in [0.25, 0.3) is 0 Å². The molecule has 0 aliphatic heterocycles. The predicted molar refractivity (Wildman–Crippen MR) is 49.0 cm³/mol. The molecule has 0 aliphatic rings. The van der Waals surface area contributed by atoms with Crippen LogP contribution >= 0.6 is 0 Å². The van der Waals surface area contributed by atoms with Crippen LogP contribution in [0.2, 0.25) is 0 Å². The van der Waals surface area contributed by atoms with Gasteiger partial charge in [-0.1, -0.05) is 33.1 Å². The van der Waals surface area contributed by atoms with Crippen molar-refractivity contribution < 1.29 is 46.7 Å². The van der Waals surface area contributed by atoms with Crippen LogP contribution < -0.4 is 29.6 Å². The van der Waals surface area contributed by atoms with Crippen molar-refractivity contribution in [3.8, 4) is 0 Å². The maximum atomic E-state index is 9.99. The molecule has 4 nitrogen and oxygen atoms in total. The van der Waals surface area contributed by atoms with Crippen molar-refractivity contribution in [1.82, 2.24) is 0 Å². The molecule has 0 N–H and O–H groups in total. The van der Waals surface area contributed by atoms with E-state index >= 15 is 0 Å². The second-order valence-corrected chi connectivity index (χ2v) is 4.53. The largest absolute Gasteiger partial charge is 1.00 e. The molecule has 0 saturated heterocycles.